The molecule has 1 aliphatic heterocycles. The molecule has 4 rings (SSSR count). The van der Waals surface area contributed by atoms with Gasteiger partial charge in [0.05, 0.1) is 6.04 Å². The van der Waals surface area contributed by atoms with Gasteiger partial charge < -0.3 is 4.57 Å². The van der Waals surface area contributed by atoms with Crippen LogP contribution in [0, 0.1) is 13.8 Å². The van der Waals surface area contributed by atoms with Crippen LogP contribution in [0.25, 0.3) is 0 Å². The average Bonchev–Trinajstić information content (AvgIpc) is 2.98. The molecule has 1 atom stereocenters. The molecule has 1 aromatic heterocycles. The van der Waals surface area contributed by atoms with Crippen molar-refractivity contribution in [1.82, 2.24) is 9.47 Å². The molecule has 0 N–H and O–H groups in total. The summed E-state index contributed by atoms with van der Waals surface area (Å²) < 4.78 is 2.44. The molecule has 25 heavy (non-hydrogen) atoms. The quantitative estimate of drug-likeness (QED) is 0.648. The SMILES string of the molecule is Cc1cccc(CN2CCCn3cccc3C2c2ccccc2C)c1. The molecule has 0 spiro atoms. The van der Waals surface area contributed by atoms with Crippen molar-refractivity contribution in [3.05, 3.63) is 94.8 Å². The first-order valence-electron chi connectivity index (χ1n) is 9.22. The Bertz CT molecular complexity index is 862. The number of nitrogens with zero attached hydrogens (tertiary/aromatic N) is 2. The van der Waals surface area contributed by atoms with Crippen molar-refractivity contribution in [1.29, 1.82) is 0 Å². The average molecular weight is 330 g/mol. The Morgan fingerprint density at radius 1 is 0.920 bits per heavy atom. The van der Waals surface area contributed by atoms with Crippen LogP contribution in [0.4, 0.5) is 0 Å². The zero-order chi connectivity index (χ0) is 17.2. The lowest BCUT2D eigenvalue weighted by Gasteiger charge is -2.31. The third-order valence-corrected chi connectivity index (χ3v) is 5.31. The molecule has 2 aromatic carbocycles. The molecule has 0 radical (unpaired) electrons. The largest absolute Gasteiger partial charge is 0.350 e. The minimum atomic E-state index is 0.319. The Balaban J connectivity index is 1.77. The van der Waals surface area contributed by atoms with Crippen molar-refractivity contribution in [3.8, 4) is 0 Å². The first-order valence-corrected chi connectivity index (χ1v) is 9.22. The van der Waals surface area contributed by atoms with Gasteiger partial charge in [0.1, 0.15) is 0 Å². The second kappa shape index (κ2) is 6.89. The Kier molecular flexibility index (Phi) is 4.46. The summed E-state index contributed by atoms with van der Waals surface area (Å²) in [6, 6.07) is 22.6. The Hall–Kier alpha value is -2.32. The van der Waals surface area contributed by atoms with Crippen LogP contribution in [0.1, 0.15) is 40.4 Å². The molecule has 2 heteroatoms. The van der Waals surface area contributed by atoms with Crippen LogP contribution in [-0.2, 0) is 13.1 Å². The highest BCUT2D eigenvalue weighted by Gasteiger charge is 2.28. The number of fused-ring (bicyclic) bond motifs is 1. The van der Waals surface area contributed by atoms with Gasteiger partial charge in [-0.25, -0.2) is 0 Å². The summed E-state index contributed by atoms with van der Waals surface area (Å²) in [6.07, 6.45) is 3.42. The Morgan fingerprint density at radius 2 is 1.80 bits per heavy atom. The molecule has 1 aliphatic rings. The maximum Gasteiger partial charge on any atom is 0.0761 e. The van der Waals surface area contributed by atoms with E-state index in [0.29, 0.717) is 6.04 Å². The van der Waals surface area contributed by atoms with Crippen LogP contribution in [0.2, 0.25) is 0 Å². The van der Waals surface area contributed by atoms with Gasteiger partial charge in [-0.05, 0) is 49.1 Å². The zero-order valence-electron chi connectivity index (χ0n) is 15.2. The molecule has 0 saturated carbocycles. The van der Waals surface area contributed by atoms with Crippen LogP contribution in [0.15, 0.2) is 66.9 Å². The maximum absolute atomic E-state index is 2.65. The number of rotatable bonds is 3. The molecule has 0 bridgehead atoms. The van der Waals surface area contributed by atoms with Crippen molar-refractivity contribution >= 4 is 0 Å². The van der Waals surface area contributed by atoms with E-state index in [1.807, 2.05) is 0 Å². The Labute approximate surface area is 150 Å². The highest BCUT2D eigenvalue weighted by atomic mass is 15.2. The van der Waals surface area contributed by atoms with Crippen molar-refractivity contribution < 1.29 is 0 Å². The van der Waals surface area contributed by atoms with Crippen molar-refractivity contribution in [2.45, 2.75) is 39.4 Å². The van der Waals surface area contributed by atoms with E-state index in [-0.39, 0.29) is 0 Å². The summed E-state index contributed by atoms with van der Waals surface area (Å²) in [5.74, 6) is 0. The fourth-order valence-electron chi connectivity index (χ4n) is 4.10. The van der Waals surface area contributed by atoms with E-state index in [1.54, 1.807) is 0 Å². The first-order chi connectivity index (χ1) is 12.2. The van der Waals surface area contributed by atoms with Crippen molar-refractivity contribution in [2.75, 3.05) is 6.54 Å². The topological polar surface area (TPSA) is 8.17 Å². The van der Waals surface area contributed by atoms with E-state index in [1.165, 1.54) is 34.4 Å². The molecule has 0 fully saturated rings. The van der Waals surface area contributed by atoms with Gasteiger partial charge in [-0.2, -0.15) is 0 Å². The molecular formula is C23H26N2. The lowest BCUT2D eigenvalue weighted by atomic mass is 9.96. The van der Waals surface area contributed by atoms with Gasteiger partial charge in [0.25, 0.3) is 0 Å². The van der Waals surface area contributed by atoms with Gasteiger partial charge in [0.2, 0.25) is 0 Å². The van der Waals surface area contributed by atoms with Crippen LogP contribution >= 0.6 is 0 Å². The number of aryl methyl sites for hydroxylation is 3. The number of hydrogen-bond donors (Lipinski definition) is 0. The summed E-state index contributed by atoms with van der Waals surface area (Å²) in [6.45, 7) is 7.63. The first kappa shape index (κ1) is 16.2. The van der Waals surface area contributed by atoms with E-state index < -0.39 is 0 Å². The van der Waals surface area contributed by atoms with E-state index >= 15 is 0 Å². The van der Waals surface area contributed by atoms with Gasteiger partial charge >= 0.3 is 0 Å². The second-order valence-corrected chi connectivity index (χ2v) is 7.20. The van der Waals surface area contributed by atoms with Gasteiger partial charge in [0, 0.05) is 31.5 Å². The molecular weight excluding hydrogens is 304 g/mol. The molecule has 0 aliphatic carbocycles. The number of hydrogen-bond acceptors (Lipinski definition) is 1. The smallest absolute Gasteiger partial charge is 0.0761 e. The number of benzene rings is 2. The summed E-state index contributed by atoms with van der Waals surface area (Å²) in [7, 11) is 0. The van der Waals surface area contributed by atoms with E-state index in [2.05, 4.69) is 90.2 Å². The van der Waals surface area contributed by atoms with Crippen LogP contribution in [-0.4, -0.2) is 16.0 Å². The third-order valence-electron chi connectivity index (χ3n) is 5.31. The maximum atomic E-state index is 2.65. The van der Waals surface area contributed by atoms with Crippen LogP contribution in [0.3, 0.4) is 0 Å². The van der Waals surface area contributed by atoms with Gasteiger partial charge in [-0.3, -0.25) is 4.90 Å². The summed E-state index contributed by atoms with van der Waals surface area (Å²) in [5.41, 5.74) is 6.95. The van der Waals surface area contributed by atoms with E-state index in [0.717, 1.165) is 19.6 Å². The predicted molar refractivity (Wildman–Crippen MR) is 104 cm³/mol. The van der Waals surface area contributed by atoms with Crippen LogP contribution < -0.4 is 0 Å². The molecule has 2 nitrogen and oxygen atoms in total. The highest BCUT2D eigenvalue weighted by Crippen LogP contribution is 2.34. The lowest BCUT2D eigenvalue weighted by Crippen LogP contribution is -2.30. The minimum absolute atomic E-state index is 0.319. The fourth-order valence-corrected chi connectivity index (χ4v) is 4.10. The molecule has 1 unspecified atom stereocenters. The summed E-state index contributed by atoms with van der Waals surface area (Å²) in [5, 5.41) is 0. The molecule has 128 valence electrons. The van der Waals surface area contributed by atoms with E-state index in [4.69, 9.17) is 0 Å². The predicted octanol–water partition coefficient (Wildman–Crippen LogP) is 5.10. The molecule has 0 amide bonds. The lowest BCUT2D eigenvalue weighted by molar-refractivity contribution is 0.220. The van der Waals surface area contributed by atoms with Crippen molar-refractivity contribution in [3.63, 3.8) is 0 Å². The zero-order valence-corrected chi connectivity index (χ0v) is 15.2. The third kappa shape index (κ3) is 3.27. The van der Waals surface area contributed by atoms with Crippen LogP contribution in [0.5, 0.6) is 0 Å². The normalized spacial score (nSPS) is 17.9. The number of aromatic nitrogens is 1. The molecule has 0 saturated heterocycles. The fraction of sp³-hybridized carbons (Fsp3) is 0.304. The Morgan fingerprint density at radius 3 is 2.64 bits per heavy atom. The van der Waals surface area contributed by atoms with Gasteiger partial charge in [-0.15, -0.1) is 0 Å². The summed E-state index contributed by atoms with van der Waals surface area (Å²) in [4.78, 5) is 2.65. The van der Waals surface area contributed by atoms with Gasteiger partial charge in [0.15, 0.2) is 0 Å². The standard InChI is InChI=1S/C23H26N2/c1-18-8-5-10-20(16-18)17-25-15-7-14-24-13-6-12-22(24)23(25)21-11-4-3-9-19(21)2/h3-6,8-13,16,23H,7,14-15,17H2,1-2H3. The van der Waals surface area contributed by atoms with Crippen molar-refractivity contribution in [2.24, 2.45) is 0 Å². The highest BCUT2D eigenvalue weighted by molar-refractivity contribution is 5.36. The minimum Gasteiger partial charge on any atom is -0.350 e. The molecule has 2 heterocycles. The monoisotopic (exact) mass is 330 g/mol. The summed E-state index contributed by atoms with van der Waals surface area (Å²) >= 11 is 0. The second-order valence-electron chi connectivity index (χ2n) is 7.20. The van der Waals surface area contributed by atoms with E-state index in [9.17, 15) is 0 Å². The molecule has 3 aromatic rings. The van der Waals surface area contributed by atoms with Gasteiger partial charge in [-0.1, -0.05) is 54.1 Å².